The lowest BCUT2D eigenvalue weighted by Gasteiger charge is -2.28. The predicted molar refractivity (Wildman–Crippen MR) is 116 cm³/mol. The Morgan fingerprint density at radius 1 is 1.13 bits per heavy atom. The summed E-state index contributed by atoms with van der Waals surface area (Å²) >= 11 is 0. The lowest BCUT2D eigenvalue weighted by molar-refractivity contribution is -0.116. The monoisotopic (exact) mass is 425 g/mol. The first-order valence-electron chi connectivity index (χ1n) is 10.6. The number of hydrogen-bond acceptors (Lipinski definition) is 6. The Morgan fingerprint density at radius 3 is 2.52 bits per heavy atom. The van der Waals surface area contributed by atoms with Gasteiger partial charge in [0.15, 0.2) is 11.5 Å². The van der Waals surface area contributed by atoms with Gasteiger partial charge in [0.05, 0.1) is 25.3 Å². The molecule has 0 radical (unpaired) electrons. The van der Waals surface area contributed by atoms with Crippen molar-refractivity contribution >= 4 is 29.0 Å². The van der Waals surface area contributed by atoms with Crippen LogP contribution in [0.15, 0.2) is 28.7 Å². The van der Waals surface area contributed by atoms with E-state index in [4.69, 9.17) is 9.15 Å². The highest BCUT2D eigenvalue weighted by Crippen LogP contribution is 2.30. The number of aryl methyl sites for hydroxylation is 1. The summed E-state index contributed by atoms with van der Waals surface area (Å²) < 4.78 is 11.1. The Morgan fingerprint density at radius 2 is 1.84 bits per heavy atom. The number of furan rings is 1. The van der Waals surface area contributed by atoms with Gasteiger partial charge in [0, 0.05) is 49.9 Å². The van der Waals surface area contributed by atoms with Crippen LogP contribution < -0.4 is 10.2 Å². The second-order valence-corrected chi connectivity index (χ2v) is 7.99. The Hall–Kier alpha value is -3.13. The molecule has 1 fully saturated rings. The molecule has 31 heavy (non-hydrogen) atoms. The van der Waals surface area contributed by atoms with Gasteiger partial charge in [0.2, 0.25) is 5.91 Å². The number of carbonyl (C=O) groups is 3. The lowest BCUT2D eigenvalue weighted by atomic mass is 9.94. The molecule has 8 nitrogen and oxygen atoms in total. The summed E-state index contributed by atoms with van der Waals surface area (Å²) in [4.78, 5) is 41.0. The molecule has 1 aromatic heterocycles. The van der Waals surface area contributed by atoms with E-state index in [1.165, 1.54) is 4.90 Å². The van der Waals surface area contributed by atoms with Crippen molar-refractivity contribution in [1.82, 2.24) is 4.90 Å². The molecule has 2 heterocycles. The van der Waals surface area contributed by atoms with Gasteiger partial charge >= 0.3 is 0 Å². The first-order valence-corrected chi connectivity index (χ1v) is 10.6. The molecule has 0 saturated carbocycles. The van der Waals surface area contributed by atoms with Gasteiger partial charge in [-0.3, -0.25) is 14.4 Å². The van der Waals surface area contributed by atoms with Crippen LogP contribution in [0.4, 0.5) is 11.4 Å². The van der Waals surface area contributed by atoms with E-state index in [9.17, 15) is 14.4 Å². The summed E-state index contributed by atoms with van der Waals surface area (Å²) in [5.74, 6) is 0.0285. The maximum absolute atomic E-state index is 12.8. The Labute approximate surface area is 181 Å². The van der Waals surface area contributed by atoms with Gasteiger partial charge in [-0.1, -0.05) is 0 Å². The van der Waals surface area contributed by atoms with Crippen LogP contribution in [0.1, 0.15) is 45.1 Å². The molecule has 0 unspecified atom stereocenters. The molecule has 164 valence electrons. The quantitative estimate of drug-likeness (QED) is 0.792. The van der Waals surface area contributed by atoms with Crippen LogP contribution in [0.5, 0.6) is 0 Å². The maximum atomic E-state index is 12.8. The van der Waals surface area contributed by atoms with Gasteiger partial charge in [-0.05, 0) is 37.6 Å². The van der Waals surface area contributed by atoms with E-state index in [2.05, 4.69) is 10.2 Å². The van der Waals surface area contributed by atoms with E-state index >= 15 is 0 Å². The number of Topliss-reactive ketones (excluding diaryl/α,β-unsaturated/α-hetero) is 1. The molecule has 0 spiro atoms. The number of carbonyl (C=O) groups excluding carboxylic acids is 3. The number of ether oxygens (including phenoxy) is 1. The van der Waals surface area contributed by atoms with Gasteiger partial charge in [-0.2, -0.15) is 0 Å². The molecule has 2 aliphatic rings. The van der Waals surface area contributed by atoms with Crippen molar-refractivity contribution in [1.29, 1.82) is 0 Å². The molecule has 0 atom stereocenters. The summed E-state index contributed by atoms with van der Waals surface area (Å²) in [6.45, 7) is 4.72. The number of nitrogens with zero attached hydrogens (tertiary/aromatic N) is 2. The topological polar surface area (TPSA) is 92.1 Å². The van der Waals surface area contributed by atoms with E-state index in [1.807, 2.05) is 24.3 Å². The summed E-state index contributed by atoms with van der Waals surface area (Å²) in [5.41, 5.74) is 2.85. The van der Waals surface area contributed by atoms with Crippen molar-refractivity contribution in [2.24, 2.45) is 0 Å². The third-order valence-corrected chi connectivity index (χ3v) is 5.76. The number of benzene rings is 1. The molecule has 0 bridgehead atoms. The fourth-order valence-electron chi connectivity index (χ4n) is 4.09. The standard InChI is InChI=1S/C23H27N3O5/c1-15-21-18(27)4-3-5-19(21)31-22(15)23(29)25(2)14-20(28)24-16-6-8-17(9-7-16)26-10-12-30-13-11-26/h6-9H,3-5,10-14H2,1-2H3,(H,24,28). The largest absolute Gasteiger partial charge is 0.455 e. The third kappa shape index (κ3) is 4.49. The summed E-state index contributed by atoms with van der Waals surface area (Å²) in [6.07, 6.45) is 1.86. The smallest absolute Gasteiger partial charge is 0.290 e. The number of amides is 2. The van der Waals surface area contributed by atoms with Crippen molar-refractivity contribution in [2.45, 2.75) is 26.2 Å². The number of anilines is 2. The number of hydrogen-bond donors (Lipinski definition) is 1. The van der Waals surface area contributed by atoms with Crippen molar-refractivity contribution in [2.75, 3.05) is 50.1 Å². The minimum absolute atomic E-state index is 0.0162. The molecule has 8 heteroatoms. The van der Waals surface area contributed by atoms with E-state index in [0.717, 1.165) is 25.2 Å². The molecule has 1 aromatic carbocycles. The van der Waals surface area contributed by atoms with Gasteiger partial charge in [0.25, 0.3) is 5.91 Å². The highest BCUT2D eigenvalue weighted by molar-refractivity contribution is 6.04. The van der Waals surface area contributed by atoms with Crippen molar-refractivity contribution in [3.8, 4) is 0 Å². The molecule has 2 amide bonds. The normalized spacial score (nSPS) is 16.1. The Bertz CT molecular complexity index is 989. The number of ketones is 1. The SMILES string of the molecule is Cc1c(C(=O)N(C)CC(=O)Nc2ccc(N3CCOCC3)cc2)oc2c1C(=O)CCC2. The molecule has 2 aromatic rings. The Kier molecular flexibility index (Phi) is 6.08. The van der Waals surface area contributed by atoms with Gasteiger partial charge in [-0.15, -0.1) is 0 Å². The number of nitrogens with one attached hydrogen (secondary N) is 1. The maximum Gasteiger partial charge on any atom is 0.290 e. The van der Waals surface area contributed by atoms with Crippen LogP contribution in [0.2, 0.25) is 0 Å². The minimum atomic E-state index is -0.405. The molecular formula is C23H27N3O5. The molecule has 1 aliphatic carbocycles. The summed E-state index contributed by atoms with van der Waals surface area (Å²) in [5, 5.41) is 2.82. The average molecular weight is 425 g/mol. The highest BCUT2D eigenvalue weighted by atomic mass is 16.5. The van der Waals surface area contributed by atoms with Crippen LogP contribution in [0.25, 0.3) is 0 Å². The van der Waals surface area contributed by atoms with E-state index in [0.29, 0.717) is 48.6 Å². The molecule has 4 rings (SSSR count). The van der Waals surface area contributed by atoms with Crippen LogP contribution in [-0.2, 0) is 16.0 Å². The molecular weight excluding hydrogens is 398 g/mol. The summed E-state index contributed by atoms with van der Waals surface area (Å²) in [6, 6.07) is 7.62. The van der Waals surface area contributed by atoms with E-state index in [-0.39, 0.29) is 24.0 Å². The van der Waals surface area contributed by atoms with Crippen LogP contribution >= 0.6 is 0 Å². The predicted octanol–water partition coefficient (Wildman–Crippen LogP) is 2.65. The number of fused-ring (bicyclic) bond motifs is 1. The number of morpholine rings is 1. The van der Waals surface area contributed by atoms with Gasteiger partial charge < -0.3 is 24.3 Å². The van der Waals surface area contributed by atoms with E-state index < -0.39 is 5.91 Å². The fraction of sp³-hybridized carbons (Fsp3) is 0.435. The zero-order chi connectivity index (χ0) is 22.0. The fourth-order valence-corrected chi connectivity index (χ4v) is 4.09. The van der Waals surface area contributed by atoms with Crippen molar-refractivity contribution < 1.29 is 23.5 Å². The van der Waals surface area contributed by atoms with Crippen LogP contribution in [0, 0.1) is 6.92 Å². The second-order valence-electron chi connectivity index (χ2n) is 7.99. The number of rotatable bonds is 5. The Balaban J connectivity index is 1.36. The zero-order valence-electron chi connectivity index (χ0n) is 17.9. The van der Waals surface area contributed by atoms with Crippen molar-refractivity contribution in [3.05, 3.63) is 46.9 Å². The first-order chi connectivity index (χ1) is 14.9. The molecule has 1 saturated heterocycles. The first kappa shape index (κ1) is 21.1. The minimum Gasteiger partial charge on any atom is -0.455 e. The van der Waals surface area contributed by atoms with Gasteiger partial charge in [-0.25, -0.2) is 0 Å². The lowest BCUT2D eigenvalue weighted by Crippen LogP contribution is -2.36. The molecule has 1 N–H and O–H groups in total. The van der Waals surface area contributed by atoms with Crippen LogP contribution in [-0.4, -0.2) is 62.4 Å². The summed E-state index contributed by atoms with van der Waals surface area (Å²) in [7, 11) is 1.55. The number of likely N-dealkylation sites (N-methyl/N-ethyl adjacent to an activating group) is 1. The molecule has 1 aliphatic heterocycles. The third-order valence-electron chi connectivity index (χ3n) is 5.76. The average Bonchev–Trinajstić information content (AvgIpc) is 3.12. The highest BCUT2D eigenvalue weighted by Gasteiger charge is 2.30. The zero-order valence-corrected chi connectivity index (χ0v) is 17.9. The second kappa shape index (κ2) is 8.93. The van der Waals surface area contributed by atoms with Crippen molar-refractivity contribution in [3.63, 3.8) is 0 Å². The van der Waals surface area contributed by atoms with E-state index in [1.54, 1.807) is 14.0 Å². The van der Waals surface area contributed by atoms with Gasteiger partial charge in [0.1, 0.15) is 5.76 Å². The van der Waals surface area contributed by atoms with Crippen LogP contribution in [0.3, 0.4) is 0 Å².